The highest BCUT2D eigenvalue weighted by atomic mass is 32.2. The van der Waals surface area contributed by atoms with E-state index in [4.69, 9.17) is 0 Å². The first-order chi connectivity index (χ1) is 12.7. The molecular weight excluding hydrogens is 360 g/mol. The zero-order valence-electron chi connectivity index (χ0n) is 16.2. The molecule has 6 heteroatoms. The van der Waals surface area contributed by atoms with Crippen LogP contribution >= 0.6 is 0 Å². The number of rotatable bonds is 6. The lowest BCUT2D eigenvalue weighted by Crippen LogP contribution is -2.28. The third-order valence-electron chi connectivity index (χ3n) is 4.71. The van der Waals surface area contributed by atoms with Crippen LogP contribution in [-0.2, 0) is 16.6 Å². The second-order valence-electron chi connectivity index (χ2n) is 7.49. The van der Waals surface area contributed by atoms with Crippen LogP contribution in [0.1, 0.15) is 42.3 Å². The van der Waals surface area contributed by atoms with Crippen molar-refractivity contribution in [2.45, 2.75) is 34.2 Å². The largest absolute Gasteiger partial charge is 0.334 e. The predicted molar refractivity (Wildman–Crippen MR) is 109 cm³/mol. The van der Waals surface area contributed by atoms with E-state index in [-0.39, 0.29) is 11.7 Å². The van der Waals surface area contributed by atoms with Crippen LogP contribution in [0, 0.1) is 12.8 Å². The van der Waals surface area contributed by atoms with Gasteiger partial charge in [-0.05, 0) is 60.2 Å². The Bertz CT molecular complexity index is 981. The van der Waals surface area contributed by atoms with E-state index in [1.807, 2.05) is 42.2 Å². The minimum absolute atomic E-state index is 0.0307. The quantitative estimate of drug-likeness (QED) is 0.815. The number of carbonyl (C=O) groups is 1. The molecular formula is C21H26N2O3S. The molecule has 1 N–H and O–H groups in total. The van der Waals surface area contributed by atoms with Gasteiger partial charge in [-0.3, -0.25) is 9.52 Å². The lowest BCUT2D eigenvalue weighted by Gasteiger charge is -2.17. The molecule has 27 heavy (non-hydrogen) atoms. The summed E-state index contributed by atoms with van der Waals surface area (Å²) in [5.74, 6) is 0.557. The molecule has 1 aliphatic rings. The summed E-state index contributed by atoms with van der Waals surface area (Å²) in [6, 6.07) is 11.4. The number of aryl methyl sites for hydroxylation is 1. The maximum absolute atomic E-state index is 12.7. The van der Waals surface area contributed by atoms with E-state index in [2.05, 4.69) is 18.6 Å². The van der Waals surface area contributed by atoms with Gasteiger partial charge in [0.2, 0.25) is 10.0 Å². The molecule has 1 aliphatic heterocycles. The summed E-state index contributed by atoms with van der Waals surface area (Å²) >= 11 is 0. The van der Waals surface area contributed by atoms with Gasteiger partial charge in [-0.25, -0.2) is 8.42 Å². The van der Waals surface area contributed by atoms with Crippen LogP contribution in [0.2, 0.25) is 0 Å². The van der Waals surface area contributed by atoms with Crippen molar-refractivity contribution < 1.29 is 13.2 Å². The Morgan fingerprint density at radius 2 is 1.89 bits per heavy atom. The Labute approximate surface area is 161 Å². The number of nitrogens with one attached hydrogen (secondary N) is 1. The Kier molecular flexibility index (Phi) is 5.29. The number of fused-ring (bicyclic) bond motifs is 1. The minimum atomic E-state index is -3.32. The molecule has 0 saturated carbocycles. The first-order valence-electron chi connectivity index (χ1n) is 9.24. The van der Waals surface area contributed by atoms with Crippen molar-refractivity contribution in [1.29, 1.82) is 0 Å². The molecule has 0 aliphatic carbocycles. The molecule has 2 aromatic carbocycles. The molecule has 1 heterocycles. The van der Waals surface area contributed by atoms with Crippen LogP contribution in [0.5, 0.6) is 0 Å². The second-order valence-corrected chi connectivity index (χ2v) is 9.50. The van der Waals surface area contributed by atoms with E-state index < -0.39 is 10.0 Å². The van der Waals surface area contributed by atoms with Crippen LogP contribution < -0.4 is 4.72 Å². The minimum Gasteiger partial charge on any atom is -0.334 e. The van der Waals surface area contributed by atoms with E-state index in [0.717, 1.165) is 34.4 Å². The number of sulfonamides is 1. The van der Waals surface area contributed by atoms with Gasteiger partial charge in [0.25, 0.3) is 5.91 Å². The highest BCUT2D eigenvalue weighted by Gasteiger charge is 2.29. The van der Waals surface area contributed by atoms with Gasteiger partial charge in [-0.1, -0.05) is 32.0 Å². The van der Waals surface area contributed by atoms with Crippen molar-refractivity contribution in [3.63, 3.8) is 0 Å². The first kappa shape index (κ1) is 19.4. The summed E-state index contributed by atoms with van der Waals surface area (Å²) in [5, 5.41) is 0. The van der Waals surface area contributed by atoms with E-state index in [1.165, 1.54) is 0 Å². The molecule has 5 nitrogen and oxygen atoms in total. The Morgan fingerprint density at radius 3 is 2.56 bits per heavy atom. The van der Waals surface area contributed by atoms with Gasteiger partial charge in [0.15, 0.2) is 0 Å². The summed E-state index contributed by atoms with van der Waals surface area (Å²) in [6.07, 6.45) is 0. The van der Waals surface area contributed by atoms with E-state index >= 15 is 0 Å². The van der Waals surface area contributed by atoms with Crippen LogP contribution in [0.15, 0.2) is 36.4 Å². The van der Waals surface area contributed by atoms with Gasteiger partial charge in [0.1, 0.15) is 0 Å². The summed E-state index contributed by atoms with van der Waals surface area (Å²) in [5.41, 5.74) is 5.26. The number of hydrogen-bond donors (Lipinski definition) is 1. The van der Waals surface area contributed by atoms with Crippen molar-refractivity contribution in [1.82, 2.24) is 4.90 Å². The topological polar surface area (TPSA) is 66.5 Å². The van der Waals surface area contributed by atoms with Crippen LogP contribution in [-0.4, -0.2) is 31.5 Å². The van der Waals surface area contributed by atoms with Gasteiger partial charge in [-0.2, -0.15) is 0 Å². The van der Waals surface area contributed by atoms with Crippen molar-refractivity contribution >= 4 is 21.6 Å². The highest BCUT2D eigenvalue weighted by Crippen LogP contribution is 2.32. The molecule has 1 amide bonds. The molecule has 0 spiro atoms. The second kappa shape index (κ2) is 7.35. The summed E-state index contributed by atoms with van der Waals surface area (Å²) < 4.78 is 26.3. The Morgan fingerprint density at radius 1 is 1.15 bits per heavy atom. The standard InChI is InChI=1S/C21H26N2O3S/c1-5-27(25,26)22-19-8-6-7-16(11-19)17-9-15(4)20-18(10-17)13-23(21(20)24)12-14(2)3/h6-11,14,22H,5,12-13H2,1-4H3. The summed E-state index contributed by atoms with van der Waals surface area (Å²) in [4.78, 5) is 14.6. The van der Waals surface area contributed by atoms with Gasteiger partial charge in [0.05, 0.1) is 5.75 Å². The lowest BCUT2D eigenvalue weighted by atomic mass is 9.96. The average Bonchev–Trinajstić information content (AvgIpc) is 2.90. The van der Waals surface area contributed by atoms with Gasteiger partial charge >= 0.3 is 0 Å². The molecule has 3 rings (SSSR count). The fourth-order valence-corrected chi connectivity index (χ4v) is 4.13. The number of carbonyl (C=O) groups excluding carboxylic acids is 1. The fraction of sp³-hybridized carbons (Fsp3) is 0.381. The SMILES string of the molecule is CCS(=O)(=O)Nc1cccc(-c2cc(C)c3c(c2)CN(CC(C)C)C3=O)c1. The summed E-state index contributed by atoms with van der Waals surface area (Å²) in [7, 11) is -3.32. The Balaban J connectivity index is 1.95. The Hall–Kier alpha value is -2.34. The number of benzene rings is 2. The van der Waals surface area contributed by atoms with E-state index in [0.29, 0.717) is 18.2 Å². The zero-order valence-corrected chi connectivity index (χ0v) is 17.1. The van der Waals surface area contributed by atoms with Crippen molar-refractivity contribution in [3.8, 4) is 11.1 Å². The molecule has 2 aromatic rings. The number of nitrogens with zero attached hydrogens (tertiary/aromatic N) is 1. The molecule has 0 fully saturated rings. The van der Waals surface area contributed by atoms with Crippen molar-refractivity contribution in [3.05, 3.63) is 53.1 Å². The van der Waals surface area contributed by atoms with Gasteiger partial charge in [-0.15, -0.1) is 0 Å². The normalized spacial score (nSPS) is 14.0. The summed E-state index contributed by atoms with van der Waals surface area (Å²) in [6.45, 7) is 9.16. The van der Waals surface area contributed by atoms with Gasteiger partial charge < -0.3 is 4.90 Å². The molecule has 0 aromatic heterocycles. The maximum Gasteiger partial charge on any atom is 0.254 e. The number of hydrogen-bond acceptors (Lipinski definition) is 3. The fourth-order valence-electron chi connectivity index (χ4n) is 3.50. The van der Waals surface area contributed by atoms with Crippen LogP contribution in [0.3, 0.4) is 0 Å². The van der Waals surface area contributed by atoms with E-state index in [1.54, 1.807) is 13.0 Å². The predicted octanol–water partition coefficient (Wildman–Crippen LogP) is 4.04. The number of amides is 1. The van der Waals surface area contributed by atoms with Crippen molar-refractivity contribution in [2.24, 2.45) is 5.92 Å². The third kappa shape index (κ3) is 4.16. The number of anilines is 1. The molecule has 0 saturated heterocycles. The molecule has 0 unspecified atom stereocenters. The molecule has 0 radical (unpaired) electrons. The zero-order chi connectivity index (χ0) is 19.8. The molecule has 0 atom stereocenters. The van der Waals surface area contributed by atoms with Crippen molar-refractivity contribution in [2.75, 3.05) is 17.0 Å². The molecule has 144 valence electrons. The monoisotopic (exact) mass is 386 g/mol. The van der Waals surface area contributed by atoms with Gasteiger partial charge in [0, 0.05) is 24.3 Å². The van der Waals surface area contributed by atoms with Crippen LogP contribution in [0.25, 0.3) is 11.1 Å². The highest BCUT2D eigenvalue weighted by molar-refractivity contribution is 7.92. The average molecular weight is 387 g/mol. The maximum atomic E-state index is 12.7. The smallest absolute Gasteiger partial charge is 0.254 e. The first-order valence-corrected chi connectivity index (χ1v) is 10.9. The molecule has 0 bridgehead atoms. The lowest BCUT2D eigenvalue weighted by molar-refractivity contribution is 0.0759. The third-order valence-corrected chi connectivity index (χ3v) is 6.02. The van der Waals surface area contributed by atoms with Crippen LogP contribution in [0.4, 0.5) is 5.69 Å². The van der Waals surface area contributed by atoms with E-state index in [9.17, 15) is 13.2 Å².